The normalized spacial score (nSPS) is 10.4. The second-order valence-electron chi connectivity index (χ2n) is 5.64. The molecule has 0 aliphatic heterocycles. The van der Waals surface area contributed by atoms with Crippen molar-refractivity contribution in [3.8, 4) is 28.6 Å². The van der Waals surface area contributed by atoms with Crippen LogP contribution in [0.1, 0.15) is 0 Å². The van der Waals surface area contributed by atoms with Crippen LogP contribution in [0.3, 0.4) is 0 Å². The Morgan fingerprint density at radius 1 is 1.04 bits per heavy atom. The Hall–Kier alpha value is -3.20. The van der Waals surface area contributed by atoms with E-state index in [-0.39, 0.29) is 11.7 Å². The molecule has 1 aromatic heterocycles. The standard InChI is InChI=1S/C19H20N4O4S/c1-25-14-6-4-5-13(9-14)20-17(24)11-28-19-21-18(22-23-19)12-7-15(26-2)10-16(8-12)27-3/h4-10H,11H2,1-3H3,(H,20,24)(H,21,22,23). The Morgan fingerprint density at radius 3 is 2.43 bits per heavy atom. The van der Waals surface area contributed by atoms with Crippen LogP contribution in [0.15, 0.2) is 47.6 Å². The van der Waals surface area contributed by atoms with Crippen LogP contribution < -0.4 is 19.5 Å². The van der Waals surface area contributed by atoms with Crippen molar-refractivity contribution >= 4 is 23.4 Å². The summed E-state index contributed by atoms with van der Waals surface area (Å²) in [6.07, 6.45) is 0. The number of amides is 1. The quantitative estimate of drug-likeness (QED) is 0.560. The first-order valence-corrected chi connectivity index (χ1v) is 9.32. The lowest BCUT2D eigenvalue weighted by Crippen LogP contribution is -2.14. The molecule has 8 nitrogen and oxygen atoms in total. The predicted molar refractivity (Wildman–Crippen MR) is 107 cm³/mol. The van der Waals surface area contributed by atoms with Crippen molar-refractivity contribution in [3.63, 3.8) is 0 Å². The highest BCUT2D eigenvalue weighted by Gasteiger charge is 2.11. The molecule has 3 rings (SSSR count). The van der Waals surface area contributed by atoms with Crippen LogP contribution in [0.5, 0.6) is 17.2 Å². The van der Waals surface area contributed by atoms with Crippen molar-refractivity contribution in [2.75, 3.05) is 32.4 Å². The third kappa shape index (κ3) is 4.95. The number of ether oxygens (including phenoxy) is 3. The lowest BCUT2D eigenvalue weighted by atomic mass is 10.2. The minimum absolute atomic E-state index is 0.160. The van der Waals surface area contributed by atoms with E-state index in [1.165, 1.54) is 11.8 Å². The van der Waals surface area contributed by atoms with Crippen molar-refractivity contribution < 1.29 is 19.0 Å². The van der Waals surface area contributed by atoms with Crippen molar-refractivity contribution in [2.24, 2.45) is 0 Å². The molecule has 146 valence electrons. The number of hydrogen-bond donors (Lipinski definition) is 2. The molecule has 0 saturated carbocycles. The lowest BCUT2D eigenvalue weighted by molar-refractivity contribution is -0.113. The first kappa shape index (κ1) is 19.6. The number of carbonyl (C=O) groups excluding carboxylic acids is 1. The molecule has 0 aliphatic rings. The topological polar surface area (TPSA) is 98.4 Å². The molecular weight excluding hydrogens is 380 g/mol. The molecule has 0 atom stereocenters. The molecule has 0 saturated heterocycles. The molecule has 1 amide bonds. The highest BCUT2D eigenvalue weighted by molar-refractivity contribution is 7.99. The van der Waals surface area contributed by atoms with E-state index in [4.69, 9.17) is 14.2 Å². The molecule has 1 heterocycles. The maximum atomic E-state index is 12.2. The van der Waals surface area contributed by atoms with Crippen LogP contribution >= 0.6 is 11.8 Å². The number of benzene rings is 2. The number of H-pyrrole nitrogens is 1. The summed E-state index contributed by atoms with van der Waals surface area (Å²) in [5.74, 6) is 2.56. The lowest BCUT2D eigenvalue weighted by Gasteiger charge is -2.06. The summed E-state index contributed by atoms with van der Waals surface area (Å²) in [6, 6.07) is 12.6. The van der Waals surface area contributed by atoms with Gasteiger partial charge in [-0.15, -0.1) is 5.10 Å². The molecule has 0 bridgehead atoms. The molecule has 0 fully saturated rings. The third-order valence-electron chi connectivity index (χ3n) is 3.78. The summed E-state index contributed by atoms with van der Waals surface area (Å²) < 4.78 is 15.7. The number of aromatic amines is 1. The molecule has 28 heavy (non-hydrogen) atoms. The summed E-state index contributed by atoms with van der Waals surface area (Å²) in [4.78, 5) is 16.6. The third-order valence-corrected chi connectivity index (χ3v) is 4.62. The van der Waals surface area contributed by atoms with Crippen LogP contribution in [-0.2, 0) is 4.79 Å². The summed E-state index contributed by atoms with van der Waals surface area (Å²) in [5, 5.41) is 10.3. The van der Waals surface area contributed by atoms with Gasteiger partial charge in [-0.3, -0.25) is 9.89 Å². The number of rotatable bonds is 8. The zero-order chi connectivity index (χ0) is 19.9. The predicted octanol–water partition coefficient (Wildman–Crippen LogP) is 3.23. The Labute approximate surface area is 166 Å². The monoisotopic (exact) mass is 400 g/mol. The van der Waals surface area contributed by atoms with E-state index in [1.807, 2.05) is 24.3 Å². The van der Waals surface area contributed by atoms with Gasteiger partial charge in [0.2, 0.25) is 11.1 Å². The average molecular weight is 400 g/mol. The molecule has 0 radical (unpaired) electrons. The molecule has 0 unspecified atom stereocenters. The van der Waals surface area contributed by atoms with Gasteiger partial charge in [0.15, 0.2) is 5.82 Å². The van der Waals surface area contributed by atoms with Gasteiger partial charge >= 0.3 is 0 Å². The smallest absolute Gasteiger partial charge is 0.234 e. The van der Waals surface area contributed by atoms with Crippen LogP contribution in [0.25, 0.3) is 11.4 Å². The maximum Gasteiger partial charge on any atom is 0.234 e. The zero-order valence-electron chi connectivity index (χ0n) is 15.7. The highest BCUT2D eigenvalue weighted by atomic mass is 32.2. The van der Waals surface area contributed by atoms with Gasteiger partial charge in [0.25, 0.3) is 0 Å². The van der Waals surface area contributed by atoms with Gasteiger partial charge < -0.3 is 19.5 Å². The van der Waals surface area contributed by atoms with Crippen LogP contribution in [0.4, 0.5) is 5.69 Å². The van der Waals surface area contributed by atoms with Crippen LogP contribution in [0.2, 0.25) is 0 Å². The van der Waals surface area contributed by atoms with Gasteiger partial charge in [0, 0.05) is 23.4 Å². The number of anilines is 1. The molecule has 0 spiro atoms. The van der Waals surface area contributed by atoms with E-state index in [1.54, 1.807) is 39.5 Å². The fraction of sp³-hybridized carbons (Fsp3) is 0.211. The fourth-order valence-electron chi connectivity index (χ4n) is 2.41. The van der Waals surface area contributed by atoms with Crippen molar-refractivity contribution in [2.45, 2.75) is 5.16 Å². The SMILES string of the molecule is COc1cccc(NC(=O)CSc2n[nH]c(-c3cc(OC)cc(OC)c3)n2)c1. The molecule has 0 aliphatic carbocycles. The Balaban J connectivity index is 1.62. The van der Waals surface area contributed by atoms with Crippen LogP contribution in [0, 0.1) is 0 Å². The molecule has 9 heteroatoms. The van der Waals surface area contributed by atoms with Gasteiger partial charge in [-0.25, -0.2) is 4.98 Å². The number of carbonyl (C=O) groups is 1. The first-order valence-electron chi connectivity index (χ1n) is 8.34. The summed E-state index contributed by atoms with van der Waals surface area (Å²) >= 11 is 1.23. The Morgan fingerprint density at radius 2 is 1.75 bits per heavy atom. The van der Waals surface area contributed by atoms with E-state index in [0.29, 0.717) is 33.9 Å². The number of hydrogen-bond acceptors (Lipinski definition) is 7. The van der Waals surface area contributed by atoms with E-state index >= 15 is 0 Å². The van der Waals surface area contributed by atoms with Crippen molar-refractivity contribution in [3.05, 3.63) is 42.5 Å². The summed E-state index contributed by atoms with van der Waals surface area (Å²) in [5.41, 5.74) is 1.44. The van der Waals surface area contributed by atoms with Gasteiger partial charge in [-0.05, 0) is 24.3 Å². The van der Waals surface area contributed by atoms with Gasteiger partial charge in [-0.2, -0.15) is 0 Å². The minimum atomic E-state index is -0.160. The average Bonchev–Trinajstić information content (AvgIpc) is 3.21. The van der Waals surface area contributed by atoms with E-state index in [9.17, 15) is 4.79 Å². The minimum Gasteiger partial charge on any atom is -0.497 e. The van der Waals surface area contributed by atoms with E-state index in [2.05, 4.69) is 20.5 Å². The fourth-order valence-corrected chi connectivity index (χ4v) is 3.01. The largest absolute Gasteiger partial charge is 0.497 e. The number of nitrogens with one attached hydrogen (secondary N) is 2. The van der Waals surface area contributed by atoms with E-state index in [0.717, 1.165) is 5.56 Å². The van der Waals surface area contributed by atoms with E-state index < -0.39 is 0 Å². The second-order valence-corrected chi connectivity index (χ2v) is 6.58. The summed E-state index contributed by atoms with van der Waals surface area (Å²) in [6.45, 7) is 0. The number of nitrogens with zero attached hydrogens (tertiary/aromatic N) is 2. The van der Waals surface area contributed by atoms with Gasteiger partial charge in [0.1, 0.15) is 17.2 Å². The first-order chi connectivity index (χ1) is 13.6. The molecule has 3 aromatic rings. The number of methoxy groups -OCH3 is 3. The van der Waals surface area contributed by atoms with Gasteiger partial charge in [-0.1, -0.05) is 17.8 Å². The maximum absolute atomic E-state index is 12.2. The summed E-state index contributed by atoms with van der Waals surface area (Å²) in [7, 11) is 4.75. The van der Waals surface area contributed by atoms with Crippen LogP contribution in [-0.4, -0.2) is 48.2 Å². The highest BCUT2D eigenvalue weighted by Crippen LogP contribution is 2.28. The zero-order valence-corrected chi connectivity index (χ0v) is 16.5. The Bertz CT molecular complexity index is 938. The van der Waals surface area contributed by atoms with Crippen molar-refractivity contribution in [1.29, 1.82) is 0 Å². The number of thioether (sulfide) groups is 1. The Kier molecular flexibility index (Phi) is 6.38. The number of aromatic nitrogens is 3. The molecular formula is C19H20N4O4S. The second kappa shape index (κ2) is 9.14. The van der Waals surface area contributed by atoms with Gasteiger partial charge in [0.05, 0.1) is 27.1 Å². The van der Waals surface area contributed by atoms with Crippen molar-refractivity contribution in [1.82, 2.24) is 15.2 Å². The molecule has 2 aromatic carbocycles. The molecule has 2 N–H and O–H groups in total.